The Balaban J connectivity index is 1.79. The van der Waals surface area contributed by atoms with E-state index in [0.29, 0.717) is 12.3 Å². The first-order chi connectivity index (χ1) is 8.83. The molecule has 3 aromatic rings. The molecular formula is C12H9BrN4O. The van der Waals surface area contributed by atoms with Crippen LogP contribution in [-0.2, 0) is 6.61 Å². The number of fused-ring (bicyclic) bond motifs is 1. The van der Waals surface area contributed by atoms with E-state index in [2.05, 4.69) is 31.1 Å². The summed E-state index contributed by atoms with van der Waals surface area (Å²) in [5.41, 5.74) is 0.715. The van der Waals surface area contributed by atoms with E-state index in [1.807, 2.05) is 34.9 Å². The highest BCUT2D eigenvalue weighted by Crippen LogP contribution is 2.17. The van der Waals surface area contributed by atoms with Crippen LogP contribution < -0.4 is 4.74 Å². The van der Waals surface area contributed by atoms with Crippen molar-refractivity contribution in [2.24, 2.45) is 0 Å². The molecule has 0 atom stereocenters. The molecule has 5 nitrogen and oxygen atoms in total. The molecule has 0 aliphatic rings. The molecule has 0 N–H and O–H groups in total. The Morgan fingerprint density at radius 1 is 1.17 bits per heavy atom. The van der Waals surface area contributed by atoms with Crippen molar-refractivity contribution in [1.29, 1.82) is 0 Å². The van der Waals surface area contributed by atoms with Crippen molar-refractivity contribution in [3.63, 3.8) is 0 Å². The van der Waals surface area contributed by atoms with Gasteiger partial charge in [-0.1, -0.05) is 15.9 Å². The molecule has 1 aromatic carbocycles. The third-order valence-corrected chi connectivity index (χ3v) is 2.99. The Labute approximate surface area is 112 Å². The average Bonchev–Trinajstić information content (AvgIpc) is 2.82. The molecule has 2 heterocycles. The largest absolute Gasteiger partial charge is 0.486 e. The molecule has 2 aromatic heterocycles. The first kappa shape index (κ1) is 11.2. The highest BCUT2D eigenvalue weighted by Gasteiger charge is 2.05. The molecule has 0 saturated carbocycles. The first-order valence-corrected chi connectivity index (χ1v) is 6.14. The van der Waals surface area contributed by atoms with Crippen LogP contribution in [0.2, 0.25) is 0 Å². The minimum atomic E-state index is 0.368. The maximum atomic E-state index is 5.65. The number of hydrogen-bond donors (Lipinski definition) is 0. The molecule has 0 amide bonds. The molecule has 0 unspecified atom stereocenters. The van der Waals surface area contributed by atoms with Gasteiger partial charge in [0.25, 0.3) is 0 Å². The second kappa shape index (κ2) is 4.73. The number of hydrogen-bond acceptors (Lipinski definition) is 4. The SMILES string of the molecule is Brc1ccc(OCc2nnc3cnccn23)cc1. The van der Waals surface area contributed by atoms with E-state index in [4.69, 9.17) is 4.74 Å². The van der Waals surface area contributed by atoms with Crippen molar-refractivity contribution >= 4 is 21.6 Å². The second-order valence-corrected chi connectivity index (χ2v) is 4.58. The van der Waals surface area contributed by atoms with Gasteiger partial charge in [-0.15, -0.1) is 10.2 Å². The summed E-state index contributed by atoms with van der Waals surface area (Å²) in [7, 11) is 0. The fourth-order valence-corrected chi connectivity index (χ4v) is 1.84. The van der Waals surface area contributed by atoms with Crippen molar-refractivity contribution in [2.75, 3.05) is 0 Å². The quantitative estimate of drug-likeness (QED) is 0.746. The zero-order valence-corrected chi connectivity index (χ0v) is 10.9. The third kappa shape index (κ3) is 2.19. The van der Waals surface area contributed by atoms with Crippen molar-refractivity contribution < 1.29 is 4.74 Å². The summed E-state index contributed by atoms with van der Waals surface area (Å²) in [6.07, 6.45) is 5.17. The zero-order chi connectivity index (χ0) is 12.4. The first-order valence-electron chi connectivity index (χ1n) is 5.35. The molecule has 0 aliphatic heterocycles. The van der Waals surface area contributed by atoms with Crippen molar-refractivity contribution in [3.05, 3.63) is 53.2 Å². The van der Waals surface area contributed by atoms with Crippen LogP contribution in [0.5, 0.6) is 5.75 Å². The third-order valence-electron chi connectivity index (χ3n) is 2.47. The van der Waals surface area contributed by atoms with Gasteiger partial charge >= 0.3 is 0 Å². The summed E-state index contributed by atoms with van der Waals surface area (Å²) in [6.45, 7) is 0.368. The molecule has 90 valence electrons. The topological polar surface area (TPSA) is 52.3 Å². The van der Waals surface area contributed by atoms with Crippen LogP contribution in [0.4, 0.5) is 0 Å². The summed E-state index contributed by atoms with van der Waals surface area (Å²) in [5.74, 6) is 1.54. The van der Waals surface area contributed by atoms with E-state index in [9.17, 15) is 0 Å². The average molecular weight is 305 g/mol. The van der Waals surface area contributed by atoms with Crippen LogP contribution in [0.1, 0.15) is 5.82 Å². The molecule has 0 bridgehead atoms. The van der Waals surface area contributed by atoms with Gasteiger partial charge in [0.1, 0.15) is 12.4 Å². The molecule has 0 spiro atoms. The van der Waals surface area contributed by atoms with Crippen molar-refractivity contribution in [2.45, 2.75) is 6.61 Å². The molecule has 0 fully saturated rings. The van der Waals surface area contributed by atoms with Crippen LogP contribution in [0.3, 0.4) is 0 Å². The Morgan fingerprint density at radius 2 is 2.00 bits per heavy atom. The predicted molar refractivity (Wildman–Crippen MR) is 69.3 cm³/mol. The summed E-state index contributed by atoms with van der Waals surface area (Å²) >= 11 is 3.38. The normalized spacial score (nSPS) is 10.7. The predicted octanol–water partition coefficient (Wildman–Crippen LogP) is 2.47. The van der Waals surface area contributed by atoms with Gasteiger partial charge in [0.15, 0.2) is 11.5 Å². The van der Waals surface area contributed by atoms with Gasteiger partial charge in [-0.05, 0) is 24.3 Å². The van der Waals surface area contributed by atoms with Crippen LogP contribution in [0, 0.1) is 0 Å². The van der Waals surface area contributed by atoms with Crippen molar-refractivity contribution in [1.82, 2.24) is 19.6 Å². The van der Waals surface area contributed by atoms with Crippen LogP contribution >= 0.6 is 15.9 Å². The molecule has 3 rings (SSSR count). The molecular weight excluding hydrogens is 296 g/mol. The molecule has 0 aliphatic carbocycles. The van der Waals surface area contributed by atoms with Gasteiger partial charge in [-0.25, -0.2) is 0 Å². The lowest BCUT2D eigenvalue weighted by molar-refractivity contribution is 0.294. The summed E-state index contributed by atoms with van der Waals surface area (Å²) in [4.78, 5) is 3.98. The van der Waals surface area contributed by atoms with Gasteiger partial charge in [0, 0.05) is 16.9 Å². The van der Waals surface area contributed by atoms with Gasteiger partial charge in [0.05, 0.1) is 6.20 Å². The van der Waals surface area contributed by atoms with E-state index in [1.165, 1.54) is 0 Å². The standard InChI is InChI=1S/C12H9BrN4O/c13-9-1-3-10(4-2-9)18-8-12-16-15-11-7-14-5-6-17(11)12/h1-7H,8H2. The Hall–Kier alpha value is -1.95. The fraction of sp³-hybridized carbons (Fsp3) is 0.0833. The summed E-state index contributed by atoms with van der Waals surface area (Å²) < 4.78 is 8.52. The fourth-order valence-electron chi connectivity index (χ4n) is 1.58. The highest BCUT2D eigenvalue weighted by molar-refractivity contribution is 9.10. The monoisotopic (exact) mass is 304 g/mol. The molecule has 0 saturated heterocycles. The summed E-state index contributed by atoms with van der Waals surface area (Å²) in [6, 6.07) is 7.66. The van der Waals surface area contributed by atoms with Crippen molar-refractivity contribution in [3.8, 4) is 5.75 Å². The van der Waals surface area contributed by atoms with Gasteiger partial charge in [0.2, 0.25) is 0 Å². The van der Waals surface area contributed by atoms with E-state index in [0.717, 1.165) is 16.0 Å². The number of rotatable bonds is 3. The van der Waals surface area contributed by atoms with Gasteiger partial charge in [-0.3, -0.25) is 9.38 Å². The van der Waals surface area contributed by atoms with Crippen LogP contribution in [-0.4, -0.2) is 19.6 Å². The lowest BCUT2D eigenvalue weighted by Gasteiger charge is -2.04. The van der Waals surface area contributed by atoms with E-state index >= 15 is 0 Å². The number of benzene rings is 1. The van der Waals surface area contributed by atoms with E-state index in [1.54, 1.807) is 12.4 Å². The number of halogens is 1. The Bertz CT molecular complexity index is 665. The molecule has 0 radical (unpaired) electrons. The van der Waals surface area contributed by atoms with Gasteiger partial charge < -0.3 is 4.74 Å². The maximum absolute atomic E-state index is 5.65. The minimum absolute atomic E-state index is 0.368. The Morgan fingerprint density at radius 3 is 2.83 bits per heavy atom. The van der Waals surface area contributed by atoms with E-state index < -0.39 is 0 Å². The lowest BCUT2D eigenvalue weighted by atomic mass is 10.3. The second-order valence-electron chi connectivity index (χ2n) is 3.66. The number of nitrogens with zero attached hydrogens (tertiary/aromatic N) is 4. The van der Waals surface area contributed by atoms with Gasteiger partial charge in [-0.2, -0.15) is 0 Å². The van der Waals surface area contributed by atoms with Crippen LogP contribution in [0.25, 0.3) is 5.65 Å². The molecule has 6 heteroatoms. The lowest BCUT2D eigenvalue weighted by Crippen LogP contribution is -2.01. The minimum Gasteiger partial charge on any atom is -0.486 e. The smallest absolute Gasteiger partial charge is 0.179 e. The number of ether oxygens (including phenoxy) is 1. The zero-order valence-electron chi connectivity index (χ0n) is 9.32. The Kier molecular flexibility index (Phi) is 2.93. The maximum Gasteiger partial charge on any atom is 0.179 e. The molecule has 18 heavy (non-hydrogen) atoms. The van der Waals surface area contributed by atoms with Crippen LogP contribution in [0.15, 0.2) is 47.3 Å². The highest BCUT2D eigenvalue weighted by atomic mass is 79.9. The number of aromatic nitrogens is 4. The summed E-state index contributed by atoms with van der Waals surface area (Å²) in [5, 5.41) is 8.07. The van der Waals surface area contributed by atoms with E-state index in [-0.39, 0.29) is 0 Å².